The molecule has 0 bridgehead atoms. The van der Waals surface area contributed by atoms with Gasteiger partial charge in [-0.25, -0.2) is 0 Å². The highest BCUT2D eigenvalue weighted by atomic mass is 16.4. The van der Waals surface area contributed by atoms with E-state index in [1.165, 1.54) is 9.80 Å². The minimum absolute atomic E-state index is 0.0215. The van der Waals surface area contributed by atoms with Crippen molar-refractivity contribution in [3.8, 4) is 5.75 Å². The number of carboxylic acid groups (broad SMARTS) is 2. The van der Waals surface area contributed by atoms with Crippen LogP contribution in [0.15, 0.2) is 48.0 Å². The van der Waals surface area contributed by atoms with Gasteiger partial charge in [0.2, 0.25) is 23.6 Å². The number of imide groups is 2. The Hall–Kier alpha value is -4.54. The van der Waals surface area contributed by atoms with Crippen LogP contribution in [-0.4, -0.2) is 73.8 Å². The Kier molecular flexibility index (Phi) is 9.16. The second-order valence-corrected chi connectivity index (χ2v) is 13.3. The number of phenolic OH excluding ortho intramolecular Hbond substituents is 1. The number of phenols is 1. The van der Waals surface area contributed by atoms with E-state index < -0.39 is 47.4 Å². The van der Waals surface area contributed by atoms with E-state index in [0.29, 0.717) is 50.3 Å². The number of unbranched alkanes of at least 4 members (excludes halogenated alkanes) is 4. The summed E-state index contributed by atoms with van der Waals surface area (Å²) in [5.74, 6) is -6.31. The van der Waals surface area contributed by atoms with Crippen LogP contribution >= 0.6 is 0 Å². The van der Waals surface area contributed by atoms with Gasteiger partial charge in [-0.3, -0.25) is 38.6 Å². The molecule has 4 aliphatic rings. The molecular formula is C36H40N2O9. The minimum Gasteiger partial charge on any atom is -0.507 e. The average Bonchev–Trinajstić information content (AvgIpc) is 3.43. The van der Waals surface area contributed by atoms with Crippen molar-refractivity contribution in [3.63, 3.8) is 0 Å². The maximum Gasteiger partial charge on any atom is 0.303 e. The molecule has 3 N–H and O–H groups in total. The minimum atomic E-state index is -0.890. The van der Waals surface area contributed by atoms with Crippen molar-refractivity contribution >= 4 is 46.3 Å². The Bertz CT molecular complexity index is 1660. The summed E-state index contributed by atoms with van der Waals surface area (Å²) in [4.78, 5) is 80.1. The second-order valence-electron chi connectivity index (χ2n) is 13.3. The number of allylic oxidation sites excluding steroid dienone is 2. The maximum absolute atomic E-state index is 14.2. The number of amides is 4. The number of hydrogen-bond acceptors (Lipinski definition) is 7. The third-order valence-corrected chi connectivity index (χ3v) is 10.6. The molecule has 11 heteroatoms. The lowest BCUT2D eigenvalue weighted by Gasteiger charge is -2.44. The van der Waals surface area contributed by atoms with Gasteiger partial charge in [-0.1, -0.05) is 54.8 Å². The van der Waals surface area contributed by atoms with Gasteiger partial charge < -0.3 is 15.3 Å². The number of rotatable bonds is 13. The predicted octanol–water partition coefficient (Wildman–Crippen LogP) is 4.47. The Morgan fingerprint density at radius 2 is 1.23 bits per heavy atom. The zero-order valence-corrected chi connectivity index (χ0v) is 26.2. The predicted molar refractivity (Wildman–Crippen MR) is 169 cm³/mol. The molecule has 2 aromatic rings. The maximum atomic E-state index is 14.2. The van der Waals surface area contributed by atoms with Gasteiger partial charge in [-0.15, -0.1) is 0 Å². The van der Waals surface area contributed by atoms with Crippen LogP contribution in [0.1, 0.15) is 75.7 Å². The molecule has 2 aliphatic heterocycles. The summed E-state index contributed by atoms with van der Waals surface area (Å²) in [6.07, 6.45) is 5.72. The van der Waals surface area contributed by atoms with Crippen LogP contribution in [0.25, 0.3) is 10.8 Å². The Balaban J connectivity index is 1.32. The first-order chi connectivity index (χ1) is 22.6. The molecule has 0 spiro atoms. The van der Waals surface area contributed by atoms with Crippen molar-refractivity contribution in [2.24, 2.45) is 29.6 Å². The third-order valence-electron chi connectivity index (χ3n) is 10.6. The van der Waals surface area contributed by atoms with Crippen molar-refractivity contribution < 1.29 is 44.1 Å². The summed E-state index contributed by atoms with van der Waals surface area (Å²) in [6, 6.07) is 10.8. The number of benzene rings is 2. The van der Waals surface area contributed by atoms with Crippen molar-refractivity contribution in [3.05, 3.63) is 53.6 Å². The molecule has 6 unspecified atom stereocenters. The summed E-state index contributed by atoms with van der Waals surface area (Å²) in [5, 5.41) is 29.9. The Morgan fingerprint density at radius 3 is 1.85 bits per heavy atom. The van der Waals surface area contributed by atoms with Crippen molar-refractivity contribution in [1.29, 1.82) is 0 Å². The molecule has 2 heterocycles. The first kappa shape index (κ1) is 32.4. The standard InChI is InChI=1S/C36H40N2O9/c39-27-16-15-22(20-9-5-6-10-21(20)27)30-23-13-14-24-31(35(46)37(33(24)44)17-7-1-3-11-28(40)41)25(23)19-26-32(30)36(47)38(34(26)45)18-8-2-4-12-29(42)43/h5-6,9-10,13,15-16,24-26,30-32,39H,1-4,7-8,11-12,14,17-19H2,(H,40,41)(H,42,43). The number of fused-ring (bicyclic) bond motifs is 5. The van der Waals surface area contributed by atoms with Crippen LogP contribution in [0.4, 0.5) is 0 Å². The molecule has 47 heavy (non-hydrogen) atoms. The van der Waals surface area contributed by atoms with Gasteiger partial charge in [0.1, 0.15) is 5.75 Å². The number of likely N-dealkylation sites (tertiary alicyclic amines) is 2. The zero-order valence-electron chi connectivity index (χ0n) is 26.2. The molecule has 4 amide bonds. The first-order valence-electron chi connectivity index (χ1n) is 16.6. The summed E-state index contributed by atoms with van der Waals surface area (Å²) < 4.78 is 0. The number of carboxylic acids is 2. The lowest BCUT2D eigenvalue weighted by Crippen LogP contribution is -2.43. The van der Waals surface area contributed by atoms with Crippen molar-refractivity contribution in [1.82, 2.24) is 9.80 Å². The van der Waals surface area contributed by atoms with Gasteiger partial charge in [0.25, 0.3) is 0 Å². The molecule has 6 atom stereocenters. The van der Waals surface area contributed by atoms with E-state index in [2.05, 4.69) is 0 Å². The molecule has 248 valence electrons. The number of aromatic hydroxyl groups is 1. The SMILES string of the molecule is O=C(O)CCCCCN1C(=O)C2CC=C3C(CC4C(=O)N(CCCCCC(=O)O)C(=O)C4C3c3ccc(O)c4ccccc34)C2C1=O. The number of carbonyl (C=O) groups excluding carboxylic acids is 4. The molecule has 6 rings (SSSR count). The molecule has 0 aromatic heterocycles. The van der Waals surface area contributed by atoms with E-state index in [9.17, 15) is 33.9 Å². The van der Waals surface area contributed by atoms with Crippen LogP contribution < -0.4 is 0 Å². The van der Waals surface area contributed by atoms with Crippen LogP contribution in [0.5, 0.6) is 5.75 Å². The van der Waals surface area contributed by atoms with E-state index >= 15 is 0 Å². The van der Waals surface area contributed by atoms with Crippen LogP contribution in [-0.2, 0) is 28.8 Å². The highest BCUT2D eigenvalue weighted by Crippen LogP contribution is 2.58. The summed E-state index contributed by atoms with van der Waals surface area (Å²) >= 11 is 0. The number of nitrogens with zero attached hydrogens (tertiary/aromatic N) is 2. The van der Waals surface area contributed by atoms with Gasteiger partial charge in [0.15, 0.2) is 0 Å². The van der Waals surface area contributed by atoms with E-state index in [4.69, 9.17) is 10.2 Å². The largest absolute Gasteiger partial charge is 0.507 e. The van der Waals surface area contributed by atoms with E-state index in [0.717, 1.165) is 16.5 Å². The summed E-state index contributed by atoms with van der Waals surface area (Å²) in [5.41, 5.74) is 1.68. The highest BCUT2D eigenvalue weighted by Gasteiger charge is 2.61. The van der Waals surface area contributed by atoms with Gasteiger partial charge in [0, 0.05) is 37.2 Å². The molecule has 3 fully saturated rings. The van der Waals surface area contributed by atoms with Crippen molar-refractivity contribution in [2.75, 3.05) is 13.1 Å². The fourth-order valence-corrected chi connectivity index (χ4v) is 8.53. The van der Waals surface area contributed by atoms with E-state index in [1.807, 2.05) is 24.3 Å². The average molecular weight is 645 g/mol. The van der Waals surface area contributed by atoms with Crippen LogP contribution in [0, 0.1) is 29.6 Å². The highest BCUT2D eigenvalue weighted by molar-refractivity contribution is 6.08. The second kappa shape index (κ2) is 13.3. The topological polar surface area (TPSA) is 170 Å². The quantitative estimate of drug-likeness (QED) is 0.162. The van der Waals surface area contributed by atoms with Gasteiger partial charge in [-0.2, -0.15) is 0 Å². The lowest BCUT2D eigenvalue weighted by molar-refractivity contribution is -0.142. The number of aliphatic carboxylic acids is 2. The van der Waals surface area contributed by atoms with Crippen molar-refractivity contribution in [2.45, 2.75) is 70.1 Å². The Labute approximate surface area is 272 Å². The lowest BCUT2D eigenvalue weighted by atomic mass is 9.57. The molecule has 11 nitrogen and oxygen atoms in total. The van der Waals surface area contributed by atoms with Crippen LogP contribution in [0.2, 0.25) is 0 Å². The monoisotopic (exact) mass is 644 g/mol. The summed E-state index contributed by atoms with van der Waals surface area (Å²) in [6.45, 7) is 0.410. The third kappa shape index (κ3) is 5.92. The summed E-state index contributed by atoms with van der Waals surface area (Å²) in [7, 11) is 0. The van der Waals surface area contributed by atoms with E-state index in [1.54, 1.807) is 18.2 Å². The van der Waals surface area contributed by atoms with Gasteiger partial charge in [-0.05, 0) is 61.5 Å². The van der Waals surface area contributed by atoms with Gasteiger partial charge >= 0.3 is 11.9 Å². The first-order valence-corrected chi connectivity index (χ1v) is 16.6. The molecule has 2 aliphatic carbocycles. The van der Waals surface area contributed by atoms with Crippen LogP contribution in [0.3, 0.4) is 0 Å². The smallest absolute Gasteiger partial charge is 0.303 e. The molecule has 2 saturated heterocycles. The Morgan fingerprint density at radius 1 is 0.660 bits per heavy atom. The van der Waals surface area contributed by atoms with E-state index in [-0.39, 0.29) is 61.7 Å². The molecule has 0 radical (unpaired) electrons. The number of carbonyl (C=O) groups is 6. The zero-order chi connectivity index (χ0) is 33.4. The molecule has 2 aromatic carbocycles. The fourth-order valence-electron chi connectivity index (χ4n) is 8.53. The van der Waals surface area contributed by atoms with Gasteiger partial charge in [0.05, 0.1) is 23.7 Å². The molecular weight excluding hydrogens is 604 g/mol. The molecule has 1 saturated carbocycles. The fraction of sp³-hybridized carbons (Fsp3) is 0.500. The normalized spacial score (nSPS) is 26.8. The number of hydrogen-bond donors (Lipinski definition) is 3.